The van der Waals surface area contributed by atoms with Crippen molar-refractivity contribution in [2.24, 2.45) is 11.7 Å². The van der Waals surface area contributed by atoms with E-state index in [1.807, 2.05) is 0 Å². The summed E-state index contributed by atoms with van der Waals surface area (Å²) in [6.45, 7) is 0. The monoisotopic (exact) mass is 305 g/mol. The van der Waals surface area contributed by atoms with Crippen molar-refractivity contribution >= 4 is 29.2 Å². The molecule has 1 rings (SSSR count). The quantitative estimate of drug-likeness (QED) is 0.572. The zero-order valence-corrected chi connectivity index (χ0v) is 11.9. The molecule has 0 fully saturated rings. The van der Waals surface area contributed by atoms with E-state index in [1.165, 1.54) is 0 Å². The Morgan fingerprint density at radius 2 is 1.79 bits per heavy atom. The van der Waals surface area contributed by atoms with Crippen LogP contribution in [-0.4, -0.2) is 28.6 Å². The minimum Gasteiger partial charge on any atom is -0.477 e. The fraction of sp³-hybridized carbons (Fsp3) is 0.462. The number of carbonyl (C=O) groups is 1. The Morgan fingerprint density at radius 1 is 1.26 bits per heavy atom. The number of halogens is 2. The van der Waals surface area contributed by atoms with Gasteiger partial charge in [0.05, 0.1) is 0 Å². The number of benzene rings is 1. The van der Waals surface area contributed by atoms with Crippen molar-refractivity contribution in [1.29, 1.82) is 0 Å². The molecule has 1 unspecified atom stereocenters. The van der Waals surface area contributed by atoms with E-state index in [1.54, 1.807) is 30.3 Å². The molecule has 106 valence electrons. The Labute approximate surface area is 122 Å². The van der Waals surface area contributed by atoms with Gasteiger partial charge < -0.3 is 9.84 Å². The summed E-state index contributed by atoms with van der Waals surface area (Å²) in [7, 11) is 0. The summed E-state index contributed by atoms with van der Waals surface area (Å²) >= 11 is 11.4. The van der Waals surface area contributed by atoms with Gasteiger partial charge in [-0.1, -0.05) is 18.2 Å². The lowest BCUT2D eigenvalue weighted by molar-refractivity contribution is -0.160. The molecule has 0 aliphatic carbocycles. The van der Waals surface area contributed by atoms with Crippen LogP contribution in [-0.2, 0) is 4.79 Å². The SMILES string of the molecule is NC(Oc1ccccc1)(C(=O)O)C(CCCl)CCCl. The van der Waals surface area contributed by atoms with Crippen LogP contribution in [0.4, 0.5) is 0 Å². The Bertz CT molecular complexity index is 396. The van der Waals surface area contributed by atoms with Crippen molar-refractivity contribution in [1.82, 2.24) is 0 Å². The van der Waals surface area contributed by atoms with Crippen molar-refractivity contribution < 1.29 is 14.6 Å². The van der Waals surface area contributed by atoms with Gasteiger partial charge >= 0.3 is 5.97 Å². The van der Waals surface area contributed by atoms with E-state index in [-0.39, 0.29) is 0 Å². The molecule has 0 radical (unpaired) electrons. The van der Waals surface area contributed by atoms with Crippen molar-refractivity contribution in [2.75, 3.05) is 11.8 Å². The fourth-order valence-corrected chi connectivity index (χ4v) is 2.35. The first kappa shape index (κ1) is 16.1. The summed E-state index contributed by atoms with van der Waals surface area (Å²) in [5, 5.41) is 9.38. The van der Waals surface area contributed by atoms with Gasteiger partial charge in [0.25, 0.3) is 5.72 Å². The molecule has 4 nitrogen and oxygen atoms in total. The van der Waals surface area contributed by atoms with Crippen molar-refractivity contribution in [3.63, 3.8) is 0 Å². The zero-order valence-electron chi connectivity index (χ0n) is 10.4. The summed E-state index contributed by atoms with van der Waals surface area (Å²) < 4.78 is 5.49. The fourth-order valence-electron chi connectivity index (χ4n) is 1.82. The summed E-state index contributed by atoms with van der Waals surface area (Å²) in [5.74, 6) is -0.684. The van der Waals surface area contributed by atoms with Crippen molar-refractivity contribution in [3.8, 4) is 5.75 Å². The maximum Gasteiger partial charge on any atom is 0.364 e. The van der Waals surface area contributed by atoms with Gasteiger partial charge in [-0.15, -0.1) is 23.2 Å². The second kappa shape index (κ2) is 7.58. The lowest BCUT2D eigenvalue weighted by atomic mass is 9.90. The van der Waals surface area contributed by atoms with Gasteiger partial charge in [-0.2, -0.15) is 0 Å². The minimum absolute atomic E-state index is 0.298. The van der Waals surface area contributed by atoms with Crippen LogP contribution in [0, 0.1) is 5.92 Å². The Hall–Kier alpha value is -0.970. The largest absolute Gasteiger partial charge is 0.477 e. The van der Waals surface area contributed by atoms with Crippen LogP contribution in [0.3, 0.4) is 0 Å². The summed E-state index contributed by atoms with van der Waals surface area (Å²) in [6, 6.07) is 8.61. The number of alkyl halides is 2. The van der Waals surface area contributed by atoms with E-state index >= 15 is 0 Å². The first-order chi connectivity index (χ1) is 9.04. The smallest absolute Gasteiger partial charge is 0.364 e. The third-order valence-electron chi connectivity index (χ3n) is 2.89. The second-order valence-electron chi connectivity index (χ2n) is 4.17. The molecule has 1 aromatic carbocycles. The normalized spacial score (nSPS) is 14.1. The first-order valence-electron chi connectivity index (χ1n) is 5.93. The number of hydrogen-bond acceptors (Lipinski definition) is 3. The molecule has 3 N–H and O–H groups in total. The molecule has 0 heterocycles. The third kappa shape index (κ3) is 4.27. The summed E-state index contributed by atoms with van der Waals surface area (Å²) in [5.41, 5.74) is 4.12. The molecule has 19 heavy (non-hydrogen) atoms. The van der Waals surface area contributed by atoms with E-state index in [4.69, 9.17) is 33.7 Å². The Morgan fingerprint density at radius 3 is 2.21 bits per heavy atom. The molecule has 6 heteroatoms. The topological polar surface area (TPSA) is 72.5 Å². The highest BCUT2D eigenvalue weighted by molar-refractivity contribution is 6.18. The van der Waals surface area contributed by atoms with Crippen LogP contribution < -0.4 is 10.5 Å². The molecule has 0 aliphatic rings. The second-order valence-corrected chi connectivity index (χ2v) is 4.92. The van der Waals surface area contributed by atoms with Gasteiger partial charge in [-0.25, -0.2) is 4.79 Å². The molecule has 1 atom stereocenters. The number of para-hydroxylation sites is 1. The van der Waals surface area contributed by atoms with Gasteiger partial charge in [0.15, 0.2) is 0 Å². The predicted octanol–water partition coefficient (Wildman–Crippen LogP) is 2.68. The van der Waals surface area contributed by atoms with Crippen LogP contribution in [0.5, 0.6) is 5.75 Å². The molecule has 0 saturated heterocycles. The molecule has 0 aromatic heterocycles. The molecule has 0 bridgehead atoms. The van der Waals surface area contributed by atoms with E-state index in [0.717, 1.165) is 0 Å². The van der Waals surface area contributed by atoms with E-state index in [2.05, 4.69) is 0 Å². The number of nitrogens with two attached hydrogens (primary N) is 1. The highest BCUT2D eigenvalue weighted by Gasteiger charge is 2.44. The Kier molecular flexibility index (Phi) is 6.42. The highest BCUT2D eigenvalue weighted by atomic mass is 35.5. The Balaban J connectivity index is 2.97. The van der Waals surface area contributed by atoms with E-state index in [9.17, 15) is 9.90 Å². The average Bonchev–Trinajstić information content (AvgIpc) is 2.39. The standard InChI is InChI=1S/C13H17Cl2NO3/c14-8-6-10(7-9-15)13(16,12(17)18)19-11-4-2-1-3-5-11/h1-5,10H,6-9,16H2,(H,17,18). The third-order valence-corrected chi connectivity index (χ3v) is 3.32. The summed E-state index contributed by atoms with van der Waals surface area (Å²) in [4.78, 5) is 11.5. The average molecular weight is 306 g/mol. The van der Waals surface area contributed by atoms with Gasteiger partial charge in [-0.3, -0.25) is 5.73 Å². The maximum absolute atomic E-state index is 11.5. The molecule has 0 aliphatic heterocycles. The van der Waals surface area contributed by atoms with Crippen LogP contribution in [0.25, 0.3) is 0 Å². The number of ether oxygens (including phenoxy) is 1. The molecule has 0 saturated carbocycles. The number of carboxylic acids is 1. The molecule has 0 amide bonds. The highest BCUT2D eigenvalue weighted by Crippen LogP contribution is 2.27. The molecular weight excluding hydrogens is 289 g/mol. The number of carboxylic acid groups (broad SMARTS) is 1. The van der Waals surface area contributed by atoms with Gasteiger partial charge in [-0.05, 0) is 25.0 Å². The first-order valence-corrected chi connectivity index (χ1v) is 6.99. The lowest BCUT2D eigenvalue weighted by Gasteiger charge is -2.33. The zero-order chi connectivity index (χ0) is 14.3. The van der Waals surface area contributed by atoms with Crippen molar-refractivity contribution in [2.45, 2.75) is 18.6 Å². The number of rotatable bonds is 8. The van der Waals surface area contributed by atoms with Gasteiger partial charge in [0.1, 0.15) is 5.75 Å². The van der Waals surface area contributed by atoms with Crippen LogP contribution in [0.15, 0.2) is 30.3 Å². The predicted molar refractivity (Wildman–Crippen MR) is 75.8 cm³/mol. The lowest BCUT2D eigenvalue weighted by Crippen LogP contribution is -2.59. The summed E-state index contributed by atoms with van der Waals surface area (Å²) in [6.07, 6.45) is 0.841. The number of hydrogen-bond donors (Lipinski definition) is 2. The van der Waals surface area contributed by atoms with Crippen LogP contribution >= 0.6 is 23.2 Å². The van der Waals surface area contributed by atoms with Gasteiger partial charge in [0, 0.05) is 17.7 Å². The number of aliphatic carboxylic acids is 1. The maximum atomic E-state index is 11.5. The van der Waals surface area contributed by atoms with Crippen LogP contribution in [0.2, 0.25) is 0 Å². The molecule has 1 aromatic rings. The molecular formula is C13H17Cl2NO3. The van der Waals surface area contributed by atoms with Crippen molar-refractivity contribution in [3.05, 3.63) is 30.3 Å². The van der Waals surface area contributed by atoms with Crippen LogP contribution in [0.1, 0.15) is 12.8 Å². The van der Waals surface area contributed by atoms with Gasteiger partial charge in [0.2, 0.25) is 0 Å². The van der Waals surface area contributed by atoms with E-state index < -0.39 is 17.6 Å². The minimum atomic E-state index is -1.83. The van der Waals surface area contributed by atoms with E-state index in [0.29, 0.717) is 30.4 Å². The molecule has 0 spiro atoms.